The van der Waals surface area contributed by atoms with E-state index in [-0.39, 0.29) is 24.3 Å². The first-order valence-corrected chi connectivity index (χ1v) is 35.0. The molecular weight excluding hydrogens is 1200 g/mol. The van der Waals surface area contributed by atoms with Crippen molar-refractivity contribution >= 4 is 153 Å². The van der Waals surface area contributed by atoms with Gasteiger partial charge in [-0.05, 0) is 198 Å². The lowest BCUT2D eigenvalue weighted by atomic mass is 9.32. The maximum Gasteiger partial charge on any atom is 0.266 e. The molecule has 11 heteroatoms. The minimum absolute atomic E-state index is 0.0286. The van der Waals surface area contributed by atoms with Gasteiger partial charge in [-0.2, -0.15) is 0 Å². The third kappa shape index (κ3) is 8.96. The number of fused-ring (bicyclic) bond motifs is 11. The zero-order valence-corrected chi connectivity index (χ0v) is 57.3. The summed E-state index contributed by atoms with van der Waals surface area (Å²) in [6, 6.07) is 87.6. The van der Waals surface area contributed by atoms with Crippen molar-refractivity contribution in [1.29, 1.82) is 0 Å². The smallest absolute Gasteiger partial charge is 0.266 e. The van der Waals surface area contributed by atoms with Gasteiger partial charge in [0, 0.05) is 66.6 Å². The number of hydrogen-bond acceptors (Lipinski definition) is 9. The third-order valence-corrected chi connectivity index (χ3v) is 22.9. The Balaban J connectivity index is 0.974. The van der Waals surface area contributed by atoms with Crippen molar-refractivity contribution in [3.63, 3.8) is 0 Å². The van der Waals surface area contributed by atoms with Gasteiger partial charge in [0.1, 0.15) is 34.8 Å². The number of hydrogen-bond donors (Lipinski definition) is 0. The van der Waals surface area contributed by atoms with Gasteiger partial charge < -0.3 is 9.64 Å². The van der Waals surface area contributed by atoms with Crippen LogP contribution in [0, 0.1) is 41.5 Å². The molecule has 0 fully saturated rings. The summed E-state index contributed by atoms with van der Waals surface area (Å²) in [5, 5.41) is 1.23. The highest BCUT2D eigenvalue weighted by Gasteiger charge is 2.51. The Morgan fingerprint density at radius 2 is 0.907 bits per heavy atom. The molecule has 3 aromatic heterocycles. The fourth-order valence-corrected chi connectivity index (χ4v) is 18.2. The fraction of sp³-hybridized carbons (Fsp3) is 0.163. The molecule has 13 aromatic rings. The Bertz CT molecular complexity index is 5390. The van der Waals surface area contributed by atoms with Crippen molar-refractivity contribution in [2.24, 2.45) is 0 Å². The Kier molecular flexibility index (Phi) is 13.3. The van der Waals surface area contributed by atoms with Crippen LogP contribution in [-0.4, -0.2) is 23.4 Å². The van der Waals surface area contributed by atoms with E-state index in [4.69, 9.17) is 14.7 Å². The number of anilines is 15. The first-order valence-electron chi connectivity index (χ1n) is 34.2. The number of aromatic nitrogens is 2. The molecule has 97 heavy (non-hydrogen) atoms. The molecule has 0 bridgehead atoms. The molecule has 0 N–H and O–H groups in total. The monoisotopic (exact) mass is 1270 g/mol. The highest BCUT2D eigenvalue weighted by molar-refractivity contribution is 7.33. The SMILES string of the molecule is Cc1ccccc1N(c1cc2c3c(n1)N(c1ccccc1)c1cc4c(cc1B3c1ccccc1O2)B1c2sc3ccccc3c2N(c2ccc3c(c2)C(C)(C)CCC3(C)C)c2cc(N(c3ccccc3C)c3c(C)cccc3C)nc(c21)N4c1ccccc1)c1c(C)cccc1C. The molecule has 18 rings (SSSR count). The van der Waals surface area contributed by atoms with Crippen molar-refractivity contribution < 1.29 is 4.74 Å². The predicted octanol–water partition coefficient (Wildman–Crippen LogP) is 19.3. The molecule has 8 nitrogen and oxygen atoms in total. The van der Waals surface area contributed by atoms with Crippen LogP contribution in [0.5, 0.6) is 11.5 Å². The molecule has 5 aliphatic rings. The zero-order chi connectivity index (χ0) is 65.9. The van der Waals surface area contributed by atoms with Crippen LogP contribution in [0.1, 0.15) is 85.0 Å². The van der Waals surface area contributed by atoms with Gasteiger partial charge in [0.25, 0.3) is 13.4 Å². The molecule has 0 amide bonds. The summed E-state index contributed by atoms with van der Waals surface area (Å²) in [7, 11) is 0. The van der Waals surface area contributed by atoms with Gasteiger partial charge in [-0.3, -0.25) is 19.6 Å². The average Bonchev–Trinajstić information content (AvgIpc) is 1.37. The zero-order valence-electron chi connectivity index (χ0n) is 56.5. The van der Waals surface area contributed by atoms with E-state index in [9.17, 15) is 0 Å². The van der Waals surface area contributed by atoms with Gasteiger partial charge >= 0.3 is 0 Å². The van der Waals surface area contributed by atoms with Gasteiger partial charge in [-0.25, -0.2) is 9.97 Å². The van der Waals surface area contributed by atoms with E-state index in [1.165, 1.54) is 59.2 Å². The Morgan fingerprint density at radius 3 is 1.52 bits per heavy atom. The predicted molar refractivity (Wildman–Crippen MR) is 410 cm³/mol. The van der Waals surface area contributed by atoms with Gasteiger partial charge in [0.2, 0.25) is 0 Å². The number of benzene rings is 10. The van der Waals surface area contributed by atoms with Crippen molar-refractivity contribution in [3.05, 3.63) is 281 Å². The molecular formula is C86H73B2N7OS. The Morgan fingerprint density at radius 1 is 0.402 bits per heavy atom. The quantitative estimate of drug-likeness (QED) is 0.133. The average molecular weight is 1270 g/mol. The lowest BCUT2D eigenvalue weighted by Crippen LogP contribution is -2.64. The number of rotatable bonds is 9. The molecule has 1 aliphatic carbocycles. The van der Waals surface area contributed by atoms with E-state index in [1.807, 2.05) is 11.3 Å². The van der Waals surface area contributed by atoms with Gasteiger partial charge in [0.05, 0.1) is 28.4 Å². The van der Waals surface area contributed by atoms with Gasteiger partial charge in [-0.1, -0.05) is 185 Å². The Labute approximate surface area is 573 Å². The number of aryl methyl sites for hydroxylation is 6. The van der Waals surface area contributed by atoms with Crippen LogP contribution >= 0.6 is 11.3 Å². The molecule has 0 atom stereocenters. The summed E-state index contributed by atoms with van der Waals surface area (Å²) in [4.78, 5) is 24.8. The van der Waals surface area contributed by atoms with Gasteiger partial charge in [-0.15, -0.1) is 11.3 Å². The first kappa shape index (κ1) is 58.9. The molecule has 0 spiro atoms. The first-order chi connectivity index (χ1) is 47.1. The molecule has 0 radical (unpaired) electrons. The number of thiophene rings is 1. The van der Waals surface area contributed by atoms with Crippen LogP contribution in [0.15, 0.2) is 237 Å². The molecule has 10 aromatic carbocycles. The molecule has 4 aliphatic heterocycles. The number of nitrogens with zero attached hydrogens (tertiary/aromatic N) is 7. The largest absolute Gasteiger partial charge is 0.458 e. The molecule has 470 valence electrons. The highest BCUT2D eigenvalue weighted by Crippen LogP contribution is 2.55. The van der Waals surface area contributed by atoms with Crippen LogP contribution in [-0.2, 0) is 10.8 Å². The standard InChI is InChI=1S/C86H73B2N7OS/c1-52-27-17-21-39-67(52)94(79-54(3)29-25-30-55(79)4)75-50-71-77-83(89-75)92(58-33-13-11-14-34-58)70-49-69-65(48-66(70)88(77)82-81(61-37-19-24-42-74(61)97-82)91(71)60-43-44-62-63(47-60)86(9,10)46-45-85(62,7)8)87-64-38-20-23-41-72(64)96-73-51-76(90-84(78(73)87)93(69)59-35-15-12-16-36-59)95(68-40-22-18-28-53(68)2)80-56(5)31-26-32-57(80)6/h11-44,47-51H,45-46H2,1-10H3. The summed E-state index contributed by atoms with van der Waals surface area (Å²) >= 11 is 1.93. The molecule has 0 saturated heterocycles. The summed E-state index contributed by atoms with van der Waals surface area (Å²) in [5.74, 6) is 4.93. The van der Waals surface area contributed by atoms with Crippen LogP contribution in [0.4, 0.5) is 85.8 Å². The topological polar surface area (TPSA) is 51.2 Å². The maximum absolute atomic E-state index is 7.37. The molecule has 0 saturated carbocycles. The minimum Gasteiger partial charge on any atom is -0.458 e. The second kappa shape index (κ2) is 22.0. The van der Waals surface area contributed by atoms with E-state index in [1.54, 1.807) is 0 Å². The van der Waals surface area contributed by atoms with Crippen molar-refractivity contribution in [2.75, 3.05) is 24.5 Å². The van der Waals surface area contributed by atoms with E-state index in [0.717, 1.165) is 138 Å². The number of pyridine rings is 2. The lowest BCUT2D eigenvalue weighted by molar-refractivity contribution is 0.332. The third-order valence-electron chi connectivity index (χ3n) is 21.7. The number of ether oxygens (including phenoxy) is 1. The van der Waals surface area contributed by atoms with E-state index >= 15 is 0 Å². The van der Waals surface area contributed by atoms with E-state index in [0.29, 0.717) is 0 Å². The summed E-state index contributed by atoms with van der Waals surface area (Å²) < 4.78 is 9.91. The van der Waals surface area contributed by atoms with Crippen molar-refractivity contribution in [3.8, 4) is 11.5 Å². The highest BCUT2D eigenvalue weighted by atomic mass is 32.1. The number of para-hydroxylation sites is 7. The van der Waals surface area contributed by atoms with Crippen molar-refractivity contribution in [2.45, 2.75) is 92.9 Å². The molecule has 7 heterocycles. The fourth-order valence-electron chi connectivity index (χ4n) is 16.9. The lowest BCUT2D eigenvalue weighted by Gasteiger charge is -2.46. The normalized spacial score (nSPS) is 14.8. The van der Waals surface area contributed by atoms with E-state index < -0.39 is 0 Å². The van der Waals surface area contributed by atoms with Crippen LogP contribution in [0.2, 0.25) is 0 Å². The maximum atomic E-state index is 7.37. The van der Waals surface area contributed by atoms with E-state index in [2.05, 4.69) is 330 Å². The second-order valence-corrected chi connectivity index (χ2v) is 29.7. The minimum atomic E-state index is -0.263. The van der Waals surface area contributed by atoms with Gasteiger partial charge in [0.15, 0.2) is 0 Å². The van der Waals surface area contributed by atoms with Crippen molar-refractivity contribution in [1.82, 2.24) is 9.97 Å². The Hall–Kier alpha value is -10.6. The molecule has 0 unspecified atom stereocenters. The summed E-state index contributed by atoms with van der Waals surface area (Å²) in [5.41, 5.74) is 27.4. The van der Waals surface area contributed by atoms with Crippen LogP contribution in [0.25, 0.3) is 10.1 Å². The second-order valence-electron chi connectivity index (χ2n) is 28.6. The van der Waals surface area contributed by atoms with Crippen LogP contribution < -0.4 is 61.3 Å². The summed E-state index contributed by atoms with van der Waals surface area (Å²) in [6.45, 7) is 22.6. The van der Waals surface area contributed by atoms with Crippen LogP contribution in [0.3, 0.4) is 0 Å². The summed E-state index contributed by atoms with van der Waals surface area (Å²) in [6.07, 6.45) is 2.24.